The Balaban J connectivity index is 0.886. The van der Waals surface area contributed by atoms with Gasteiger partial charge in [-0.2, -0.15) is 0 Å². The molecule has 9 rings (SSSR count). The van der Waals surface area contributed by atoms with Crippen LogP contribution in [0.15, 0.2) is 210 Å². The average Bonchev–Trinajstić information content (AvgIpc) is 3.30. The van der Waals surface area contributed by atoms with Crippen LogP contribution >= 0.6 is 0 Å². The lowest BCUT2D eigenvalue weighted by Crippen LogP contribution is -2.31. The SMILES string of the molecule is CCC1C(C2=CCC(C3=CCCC=C3)C=C2)CC(c2ccc(-c3ccc(Nc4ccc(-c5ccc(-c6ccccc6)cc5)cc4)cc3)cc2)=NC1c1ccccc1. The third-order valence-electron chi connectivity index (χ3n) is 12.2. The highest BCUT2D eigenvalue weighted by Gasteiger charge is 2.36. The van der Waals surface area contributed by atoms with Crippen LogP contribution in [0.1, 0.15) is 56.2 Å². The number of anilines is 2. The largest absolute Gasteiger partial charge is 0.356 e. The summed E-state index contributed by atoms with van der Waals surface area (Å²) in [6.07, 6.45) is 20.0. The zero-order valence-electron chi connectivity index (χ0n) is 32.8. The molecule has 280 valence electrons. The van der Waals surface area contributed by atoms with Crippen molar-refractivity contribution in [1.29, 1.82) is 0 Å². The molecular weight excluding hydrogens is 689 g/mol. The number of hydrogen-bond acceptors (Lipinski definition) is 2. The van der Waals surface area contributed by atoms with E-state index >= 15 is 0 Å². The molecule has 2 aliphatic carbocycles. The van der Waals surface area contributed by atoms with Gasteiger partial charge in [-0.3, -0.25) is 4.99 Å². The zero-order valence-corrected chi connectivity index (χ0v) is 32.8. The summed E-state index contributed by atoms with van der Waals surface area (Å²) in [6.45, 7) is 2.35. The summed E-state index contributed by atoms with van der Waals surface area (Å²) in [4.78, 5) is 5.54. The van der Waals surface area contributed by atoms with E-state index in [9.17, 15) is 0 Å². The van der Waals surface area contributed by atoms with E-state index in [1.807, 2.05) is 0 Å². The van der Waals surface area contributed by atoms with Gasteiger partial charge in [0.15, 0.2) is 0 Å². The Morgan fingerprint density at radius 1 is 0.526 bits per heavy atom. The number of hydrogen-bond donors (Lipinski definition) is 1. The summed E-state index contributed by atoms with van der Waals surface area (Å²) in [5.74, 6) is 1.38. The van der Waals surface area contributed by atoms with Crippen molar-refractivity contribution in [2.24, 2.45) is 22.7 Å². The first-order valence-electron chi connectivity index (χ1n) is 20.8. The maximum atomic E-state index is 5.54. The van der Waals surface area contributed by atoms with Crippen LogP contribution < -0.4 is 5.32 Å². The van der Waals surface area contributed by atoms with E-state index in [0.29, 0.717) is 17.8 Å². The Kier molecular flexibility index (Phi) is 10.8. The lowest BCUT2D eigenvalue weighted by atomic mass is 9.70. The van der Waals surface area contributed by atoms with Crippen LogP contribution in [0.2, 0.25) is 0 Å². The topological polar surface area (TPSA) is 24.4 Å². The molecule has 57 heavy (non-hydrogen) atoms. The van der Waals surface area contributed by atoms with Crippen molar-refractivity contribution in [1.82, 2.24) is 0 Å². The first kappa shape index (κ1) is 36.4. The molecule has 0 amide bonds. The van der Waals surface area contributed by atoms with Crippen molar-refractivity contribution < 1.29 is 0 Å². The maximum Gasteiger partial charge on any atom is 0.0786 e. The summed E-state index contributed by atoms with van der Waals surface area (Å²) in [5.41, 5.74) is 16.2. The fraction of sp³-hybridized carbons (Fsp3) is 0.182. The molecule has 0 fully saturated rings. The Hall–Kier alpha value is -6.25. The second-order valence-corrected chi connectivity index (χ2v) is 15.7. The number of nitrogens with one attached hydrogen (secondary N) is 1. The van der Waals surface area contributed by atoms with Gasteiger partial charge in [0.05, 0.1) is 6.04 Å². The molecule has 0 aromatic heterocycles. The van der Waals surface area contributed by atoms with Gasteiger partial charge >= 0.3 is 0 Å². The summed E-state index contributed by atoms with van der Waals surface area (Å²) >= 11 is 0. The molecule has 0 radical (unpaired) electrons. The third-order valence-corrected chi connectivity index (χ3v) is 12.2. The second-order valence-electron chi connectivity index (χ2n) is 15.7. The van der Waals surface area contributed by atoms with Gasteiger partial charge in [-0.05, 0) is 117 Å². The van der Waals surface area contributed by atoms with Crippen LogP contribution in [0.25, 0.3) is 33.4 Å². The lowest BCUT2D eigenvalue weighted by Gasteiger charge is -2.38. The fourth-order valence-corrected chi connectivity index (χ4v) is 9.00. The quantitative estimate of drug-likeness (QED) is 0.149. The van der Waals surface area contributed by atoms with Gasteiger partial charge in [0, 0.05) is 23.0 Å². The van der Waals surface area contributed by atoms with Crippen LogP contribution in [-0.2, 0) is 0 Å². The molecule has 1 aliphatic heterocycles. The van der Waals surface area contributed by atoms with Gasteiger partial charge < -0.3 is 5.32 Å². The van der Waals surface area contributed by atoms with E-state index in [-0.39, 0.29) is 6.04 Å². The summed E-state index contributed by atoms with van der Waals surface area (Å²) in [5, 5.41) is 3.59. The highest BCUT2D eigenvalue weighted by Crippen LogP contribution is 2.45. The standard InChI is InChI=1S/C55H50N2/c1-2-52-53(47-26-22-42(23-27-47)40-14-8-4-9-15-40)38-54(57-55(52)49-16-10-5-11-17-49)48-28-24-44(25-29-48)46-32-36-51(37-33-46)56-50-34-30-45(31-35-50)43-20-18-41(19-21-43)39-12-6-3-7-13-39/h3,5-8,10-22,24-37,42,52-53,55-56H,2,4,9,23,38H2,1H3. The van der Waals surface area contributed by atoms with Crippen molar-refractivity contribution in [3.63, 3.8) is 0 Å². The van der Waals surface area contributed by atoms with Gasteiger partial charge in [0.25, 0.3) is 0 Å². The van der Waals surface area contributed by atoms with Gasteiger partial charge in [0.1, 0.15) is 0 Å². The molecule has 2 heteroatoms. The number of allylic oxidation sites excluding steroid dienone is 8. The van der Waals surface area contributed by atoms with Gasteiger partial charge in [0.2, 0.25) is 0 Å². The lowest BCUT2D eigenvalue weighted by molar-refractivity contribution is 0.303. The predicted molar refractivity (Wildman–Crippen MR) is 242 cm³/mol. The second kappa shape index (κ2) is 16.9. The third kappa shape index (κ3) is 8.18. The molecule has 6 aromatic carbocycles. The minimum Gasteiger partial charge on any atom is -0.356 e. The van der Waals surface area contributed by atoms with E-state index in [4.69, 9.17) is 4.99 Å². The smallest absolute Gasteiger partial charge is 0.0786 e. The minimum atomic E-state index is 0.142. The maximum absolute atomic E-state index is 5.54. The minimum absolute atomic E-state index is 0.142. The van der Waals surface area contributed by atoms with Crippen LogP contribution in [0.3, 0.4) is 0 Å². The molecule has 0 bridgehead atoms. The van der Waals surface area contributed by atoms with Crippen molar-refractivity contribution in [3.8, 4) is 33.4 Å². The fourth-order valence-electron chi connectivity index (χ4n) is 9.00. The molecule has 1 heterocycles. The normalized spacial score (nSPS) is 20.3. The predicted octanol–water partition coefficient (Wildman–Crippen LogP) is 14.8. The monoisotopic (exact) mass is 738 g/mol. The van der Waals surface area contributed by atoms with E-state index in [2.05, 4.69) is 206 Å². The number of benzene rings is 6. The van der Waals surface area contributed by atoms with E-state index in [1.165, 1.54) is 61.4 Å². The molecule has 0 spiro atoms. The van der Waals surface area contributed by atoms with E-state index in [0.717, 1.165) is 43.5 Å². The first-order valence-corrected chi connectivity index (χ1v) is 20.8. The van der Waals surface area contributed by atoms with Crippen molar-refractivity contribution in [3.05, 3.63) is 216 Å². The summed E-state index contributed by atoms with van der Waals surface area (Å²) < 4.78 is 0. The van der Waals surface area contributed by atoms with Crippen LogP contribution in [-0.4, -0.2) is 5.71 Å². The van der Waals surface area contributed by atoms with E-state index in [1.54, 1.807) is 0 Å². The Morgan fingerprint density at radius 2 is 1.05 bits per heavy atom. The molecule has 2 nitrogen and oxygen atoms in total. The number of aliphatic imine (C=N–C) groups is 1. The summed E-state index contributed by atoms with van der Waals surface area (Å²) in [7, 11) is 0. The van der Waals surface area contributed by atoms with Gasteiger partial charge in [-0.1, -0.05) is 183 Å². The molecule has 0 saturated heterocycles. The van der Waals surface area contributed by atoms with Crippen molar-refractivity contribution in [2.75, 3.05) is 5.32 Å². The number of rotatable bonds is 10. The molecule has 0 saturated carbocycles. The molecule has 6 aromatic rings. The van der Waals surface area contributed by atoms with Gasteiger partial charge in [-0.25, -0.2) is 0 Å². The van der Waals surface area contributed by atoms with Crippen LogP contribution in [0.4, 0.5) is 11.4 Å². The highest BCUT2D eigenvalue weighted by molar-refractivity contribution is 6.02. The first-order chi connectivity index (χ1) is 28.2. The molecule has 1 N–H and O–H groups in total. The molecule has 4 unspecified atom stereocenters. The van der Waals surface area contributed by atoms with Crippen molar-refractivity contribution >= 4 is 17.1 Å². The number of nitrogens with zero attached hydrogens (tertiary/aromatic N) is 1. The Labute approximate surface area is 338 Å². The zero-order chi connectivity index (χ0) is 38.4. The summed E-state index contributed by atoms with van der Waals surface area (Å²) in [6, 6.07) is 57.0. The van der Waals surface area contributed by atoms with Crippen LogP contribution in [0.5, 0.6) is 0 Å². The Bertz CT molecular complexity index is 2430. The molecule has 4 atom stereocenters. The Morgan fingerprint density at radius 3 is 1.56 bits per heavy atom. The molecular formula is C55H50N2. The van der Waals surface area contributed by atoms with Crippen molar-refractivity contribution in [2.45, 2.75) is 45.1 Å². The van der Waals surface area contributed by atoms with Crippen LogP contribution in [0, 0.1) is 17.8 Å². The van der Waals surface area contributed by atoms with E-state index < -0.39 is 0 Å². The average molecular weight is 739 g/mol. The van der Waals surface area contributed by atoms with Gasteiger partial charge in [-0.15, -0.1) is 0 Å². The molecule has 3 aliphatic rings. The highest BCUT2D eigenvalue weighted by atomic mass is 14.9.